The van der Waals surface area contributed by atoms with E-state index in [9.17, 15) is 4.79 Å². The summed E-state index contributed by atoms with van der Waals surface area (Å²) < 4.78 is 7.76. The van der Waals surface area contributed by atoms with Crippen molar-refractivity contribution >= 4 is 17.7 Å². The maximum absolute atomic E-state index is 11.2. The first-order chi connectivity index (χ1) is 9.24. The molecule has 2 aromatic rings. The number of methoxy groups -OCH3 is 1. The molecular formula is C9H13N7O2S. The van der Waals surface area contributed by atoms with Gasteiger partial charge in [0.15, 0.2) is 0 Å². The van der Waals surface area contributed by atoms with Crippen molar-refractivity contribution in [3.05, 3.63) is 12.2 Å². The van der Waals surface area contributed by atoms with Crippen LogP contribution in [0.1, 0.15) is 12.7 Å². The van der Waals surface area contributed by atoms with E-state index in [0.29, 0.717) is 10.9 Å². The lowest BCUT2D eigenvalue weighted by Crippen LogP contribution is -2.14. The third-order valence-corrected chi connectivity index (χ3v) is 3.28. The lowest BCUT2D eigenvalue weighted by molar-refractivity contribution is -0.141. The average Bonchev–Trinajstić information content (AvgIpc) is 3.04. The van der Waals surface area contributed by atoms with E-state index >= 15 is 0 Å². The Labute approximate surface area is 113 Å². The Morgan fingerprint density at radius 3 is 3.05 bits per heavy atom. The van der Waals surface area contributed by atoms with Gasteiger partial charge in [0, 0.05) is 6.54 Å². The standard InChI is InChI=1S/C9H13N7O2S/c1-3-15-7(10-6-11-15)5-19-9-12-13-14-16(9)4-8(17)18-2/h6H,3-5H2,1-2H3. The number of esters is 1. The highest BCUT2D eigenvalue weighted by Crippen LogP contribution is 2.18. The summed E-state index contributed by atoms with van der Waals surface area (Å²) in [7, 11) is 1.32. The Balaban J connectivity index is 2.00. The second-order valence-electron chi connectivity index (χ2n) is 3.48. The van der Waals surface area contributed by atoms with Gasteiger partial charge in [-0.25, -0.2) is 14.3 Å². The fraction of sp³-hybridized carbons (Fsp3) is 0.556. The number of thioether (sulfide) groups is 1. The number of aryl methyl sites for hydroxylation is 1. The minimum atomic E-state index is -0.397. The molecule has 0 fully saturated rings. The third kappa shape index (κ3) is 3.28. The van der Waals surface area contributed by atoms with Gasteiger partial charge in [0.2, 0.25) is 5.16 Å². The van der Waals surface area contributed by atoms with Crippen molar-refractivity contribution in [3.63, 3.8) is 0 Å². The smallest absolute Gasteiger partial charge is 0.327 e. The lowest BCUT2D eigenvalue weighted by atomic mass is 10.6. The van der Waals surface area contributed by atoms with Gasteiger partial charge < -0.3 is 4.74 Å². The molecule has 0 amide bonds. The molecule has 19 heavy (non-hydrogen) atoms. The highest BCUT2D eigenvalue weighted by Gasteiger charge is 2.12. The van der Waals surface area contributed by atoms with Crippen LogP contribution in [-0.2, 0) is 28.4 Å². The van der Waals surface area contributed by atoms with Crippen LogP contribution in [0.15, 0.2) is 11.5 Å². The van der Waals surface area contributed by atoms with Gasteiger partial charge in [-0.1, -0.05) is 11.8 Å². The SMILES string of the molecule is CCn1ncnc1CSc1nnnn1CC(=O)OC. The van der Waals surface area contributed by atoms with E-state index in [-0.39, 0.29) is 6.54 Å². The summed E-state index contributed by atoms with van der Waals surface area (Å²) in [6, 6.07) is 0. The molecule has 0 unspecified atom stereocenters. The second-order valence-corrected chi connectivity index (χ2v) is 4.42. The molecule has 0 aliphatic rings. The Kier molecular flexibility index (Phi) is 4.44. The van der Waals surface area contributed by atoms with Crippen LogP contribution in [0.5, 0.6) is 0 Å². The van der Waals surface area contributed by atoms with E-state index in [4.69, 9.17) is 0 Å². The minimum Gasteiger partial charge on any atom is -0.468 e. The van der Waals surface area contributed by atoms with E-state index < -0.39 is 5.97 Å². The molecule has 0 radical (unpaired) electrons. The van der Waals surface area contributed by atoms with Crippen molar-refractivity contribution < 1.29 is 9.53 Å². The van der Waals surface area contributed by atoms with E-state index in [1.165, 1.54) is 29.9 Å². The average molecular weight is 283 g/mol. The molecule has 0 saturated heterocycles. The summed E-state index contributed by atoms with van der Waals surface area (Å²) in [6.07, 6.45) is 1.51. The van der Waals surface area contributed by atoms with Gasteiger partial charge in [-0.2, -0.15) is 5.10 Å². The molecular weight excluding hydrogens is 270 g/mol. The van der Waals surface area contributed by atoms with Gasteiger partial charge in [0.25, 0.3) is 0 Å². The van der Waals surface area contributed by atoms with Gasteiger partial charge in [-0.3, -0.25) is 4.79 Å². The normalized spacial score (nSPS) is 10.6. The molecule has 2 heterocycles. The zero-order valence-electron chi connectivity index (χ0n) is 10.6. The van der Waals surface area contributed by atoms with Gasteiger partial charge in [0.1, 0.15) is 18.7 Å². The van der Waals surface area contributed by atoms with Crippen molar-refractivity contribution in [1.82, 2.24) is 35.0 Å². The number of carbonyl (C=O) groups excluding carboxylic acids is 1. The predicted octanol–water partition coefficient (Wildman–Crippen LogP) is -0.250. The quantitative estimate of drug-likeness (QED) is 0.528. The molecule has 0 aromatic carbocycles. The Bertz CT molecular complexity index is 552. The van der Waals surface area contributed by atoms with Crippen LogP contribution >= 0.6 is 11.8 Å². The van der Waals surface area contributed by atoms with Crippen LogP contribution in [-0.4, -0.2) is 48.1 Å². The van der Waals surface area contributed by atoms with Gasteiger partial charge >= 0.3 is 5.97 Å². The Hall–Kier alpha value is -1.97. The van der Waals surface area contributed by atoms with Crippen LogP contribution < -0.4 is 0 Å². The molecule has 102 valence electrons. The second kappa shape index (κ2) is 6.27. The summed E-state index contributed by atoms with van der Waals surface area (Å²) in [4.78, 5) is 15.3. The highest BCUT2D eigenvalue weighted by molar-refractivity contribution is 7.98. The van der Waals surface area contributed by atoms with E-state index in [0.717, 1.165) is 12.4 Å². The van der Waals surface area contributed by atoms with Crippen LogP contribution in [0.25, 0.3) is 0 Å². The summed E-state index contributed by atoms with van der Waals surface area (Å²) in [6.45, 7) is 2.74. The van der Waals surface area contributed by atoms with Crippen LogP contribution in [0.3, 0.4) is 0 Å². The van der Waals surface area contributed by atoms with Gasteiger partial charge in [-0.15, -0.1) is 5.10 Å². The number of aromatic nitrogens is 7. The summed E-state index contributed by atoms with van der Waals surface area (Å²) in [5, 5.41) is 15.8. The van der Waals surface area contributed by atoms with Gasteiger partial charge in [0.05, 0.1) is 12.9 Å². The van der Waals surface area contributed by atoms with Crippen molar-refractivity contribution in [2.75, 3.05) is 7.11 Å². The number of hydrogen-bond acceptors (Lipinski definition) is 8. The molecule has 0 spiro atoms. The molecule has 2 rings (SSSR count). The molecule has 0 bridgehead atoms. The largest absolute Gasteiger partial charge is 0.468 e. The monoisotopic (exact) mass is 283 g/mol. The molecule has 9 nitrogen and oxygen atoms in total. The maximum Gasteiger partial charge on any atom is 0.327 e. The molecule has 0 atom stereocenters. The van der Waals surface area contributed by atoms with E-state index in [2.05, 4.69) is 30.3 Å². The van der Waals surface area contributed by atoms with Crippen molar-refractivity contribution in [2.24, 2.45) is 0 Å². The fourth-order valence-electron chi connectivity index (χ4n) is 1.38. The van der Waals surface area contributed by atoms with E-state index in [1.54, 1.807) is 4.68 Å². The summed E-state index contributed by atoms with van der Waals surface area (Å²) >= 11 is 1.39. The first-order valence-corrected chi connectivity index (χ1v) is 6.55. The molecule has 0 saturated carbocycles. The number of hydrogen-bond donors (Lipinski definition) is 0. The molecule has 0 N–H and O–H groups in total. The first kappa shape index (κ1) is 13.5. The zero-order valence-corrected chi connectivity index (χ0v) is 11.4. The number of tetrazole rings is 1. The topological polar surface area (TPSA) is 101 Å². The molecule has 0 aliphatic heterocycles. The zero-order chi connectivity index (χ0) is 13.7. The molecule has 2 aromatic heterocycles. The Morgan fingerprint density at radius 1 is 1.47 bits per heavy atom. The third-order valence-electron chi connectivity index (χ3n) is 2.33. The fourth-order valence-corrected chi connectivity index (χ4v) is 2.21. The van der Waals surface area contributed by atoms with E-state index in [1.807, 2.05) is 6.92 Å². The summed E-state index contributed by atoms with van der Waals surface area (Å²) in [5.41, 5.74) is 0. The molecule has 10 heteroatoms. The lowest BCUT2D eigenvalue weighted by Gasteiger charge is -2.03. The number of rotatable bonds is 6. The van der Waals surface area contributed by atoms with Crippen LogP contribution in [0, 0.1) is 0 Å². The van der Waals surface area contributed by atoms with Crippen molar-refractivity contribution in [1.29, 1.82) is 0 Å². The predicted molar refractivity (Wildman–Crippen MR) is 65.1 cm³/mol. The van der Waals surface area contributed by atoms with Gasteiger partial charge in [-0.05, 0) is 17.4 Å². The molecule has 0 aliphatic carbocycles. The van der Waals surface area contributed by atoms with Crippen molar-refractivity contribution in [3.8, 4) is 0 Å². The maximum atomic E-state index is 11.2. The summed E-state index contributed by atoms with van der Waals surface area (Å²) in [5.74, 6) is 1.01. The number of nitrogens with zero attached hydrogens (tertiary/aromatic N) is 7. The van der Waals surface area contributed by atoms with Crippen LogP contribution in [0.2, 0.25) is 0 Å². The van der Waals surface area contributed by atoms with Crippen LogP contribution in [0.4, 0.5) is 0 Å². The minimum absolute atomic E-state index is 0.00764. The number of ether oxygens (including phenoxy) is 1. The highest BCUT2D eigenvalue weighted by atomic mass is 32.2. The first-order valence-electron chi connectivity index (χ1n) is 5.57. The Morgan fingerprint density at radius 2 is 2.32 bits per heavy atom. The van der Waals surface area contributed by atoms with Crippen molar-refractivity contribution in [2.45, 2.75) is 30.9 Å². The number of carbonyl (C=O) groups is 1.